The number of rotatable bonds is 7. The van der Waals surface area contributed by atoms with Crippen molar-refractivity contribution in [3.8, 4) is 5.75 Å². The summed E-state index contributed by atoms with van der Waals surface area (Å²) in [6, 6.07) is 7.72. The molecule has 2 aromatic rings. The summed E-state index contributed by atoms with van der Waals surface area (Å²) in [6.45, 7) is 0.549. The van der Waals surface area contributed by atoms with Crippen molar-refractivity contribution in [2.45, 2.75) is 11.6 Å². The Morgan fingerprint density at radius 2 is 1.83 bits per heavy atom. The standard InChI is InChI=1S/C14H18N6O2S/c1-22-10-4-2-9(3-5-10)6-7-17-11(21)8-23-14-19-12(15)18-13(16)20-14/h2-5H,6-8H2,1H3,(H,17,21)(H4,15,16,18,19,20). The van der Waals surface area contributed by atoms with Crippen molar-refractivity contribution in [2.75, 3.05) is 30.9 Å². The Bertz CT molecular complexity index is 645. The fraction of sp³-hybridized carbons (Fsp3) is 0.286. The minimum Gasteiger partial charge on any atom is -0.497 e. The van der Waals surface area contributed by atoms with E-state index in [9.17, 15) is 4.79 Å². The molecule has 122 valence electrons. The molecule has 0 unspecified atom stereocenters. The van der Waals surface area contributed by atoms with Gasteiger partial charge in [-0.2, -0.15) is 15.0 Å². The highest BCUT2D eigenvalue weighted by Crippen LogP contribution is 2.14. The van der Waals surface area contributed by atoms with E-state index < -0.39 is 0 Å². The van der Waals surface area contributed by atoms with Crippen LogP contribution in [0.3, 0.4) is 0 Å². The van der Waals surface area contributed by atoms with Gasteiger partial charge in [0.2, 0.25) is 17.8 Å². The zero-order chi connectivity index (χ0) is 16.7. The Hall–Kier alpha value is -2.55. The van der Waals surface area contributed by atoms with Crippen molar-refractivity contribution >= 4 is 29.6 Å². The minimum absolute atomic E-state index is 0.0416. The van der Waals surface area contributed by atoms with Gasteiger partial charge in [-0.25, -0.2) is 0 Å². The highest BCUT2D eigenvalue weighted by Gasteiger charge is 2.07. The Morgan fingerprint density at radius 3 is 2.43 bits per heavy atom. The van der Waals surface area contributed by atoms with Crippen LogP contribution in [0.1, 0.15) is 5.56 Å². The lowest BCUT2D eigenvalue weighted by Gasteiger charge is -2.06. The van der Waals surface area contributed by atoms with Gasteiger partial charge >= 0.3 is 0 Å². The number of aromatic nitrogens is 3. The van der Waals surface area contributed by atoms with E-state index in [-0.39, 0.29) is 23.6 Å². The van der Waals surface area contributed by atoms with Gasteiger partial charge in [0, 0.05) is 6.54 Å². The van der Waals surface area contributed by atoms with E-state index in [1.54, 1.807) is 7.11 Å². The summed E-state index contributed by atoms with van der Waals surface area (Å²) in [7, 11) is 1.63. The SMILES string of the molecule is COc1ccc(CCNC(=O)CSc2nc(N)nc(N)n2)cc1. The second-order valence-electron chi connectivity index (χ2n) is 4.57. The average Bonchev–Trinajstić information content (AvgIpc) is 2.53. The molecule has 0 saturated heterocycles. The first kappa shape index (κ1) is 16.8. The van der Waals surface area contributed by atoms with Crippen molar-refractivity contribution in [3.63, 3.8) is 0 Å². The quantitative estimate of drug-likeness (QED) is 0.624. The first-order chi connectivity index (χ1) is 11.1. The second-order valence-corrected chi connectivity index (χ2v) is 5.51. The number of nitrogens with zero attached hydrogens (tertiary/aromatic N) is 3. The predicted molar refractivity (Wildman–Crippen MR) is 89.1 cm³/mol. The number of anilines is 2. The van der Waals surface area contributed by atoms with Gasteiger partial charge in [0.05, 0.1) is 12.9 Å². The molecule has 0 atom stereocenters. The van der Waals surface area contributed by atoms with Crippen LogP contribution >= 0.6 is 11.8 Å². The average molecular weight is 334 g/mol. The largest absolute Gasteiger partial charge is 0.497 e. The van der Waals surface area contributed by atoms with Crippen molar-refractivity contribution in [1.29, 1.82) is 0 Å². The molecule has 0 radical (unpaired) electrons. The Balaban J connectivity index is 1.72. The molecule has 9 heteroatoms. The maximum atomic E-state index is 11.8. The molecule has 1 aromatic carbocycles. The number of hydrogen-bond donors (Lipinski definition) is 3. The van der Waals surface area contributed by atoms with Gasteiger partial charge in [0.25, 0.3) is 0 Å². The summed E-state index contributed by atoms with van der Waals surface area (Å²) in [6.07, 6.45) is 0.742. The lowest BCUT2D eigenvalue weighted by molar-refractivity contribution is -0.118. The molecule has 0 aliphatic carbocycles. The van der Waals surface area contributed by atoms with E-state index in [2.05, 4.69) is 20.3 Å². The lowest BCUT2D eigenvalue weighted by Crippen LogP contribution is -2.27. The Morgan fingerprint density at radius 1 is 1.17 bits per heavy atom. The number of ether oxygens (including phenoxy) is 1. The molecule has 0 bridgehead atoms. The molecule has 0 fully saturated rings. The maximum Gasteiger partial charge on any atom is 0.230 e. The van der Waals surface area contributed by atoms with Crippen LogP contribution < -0.4 is 21.5 Å². The molecule has 23 heavy (non-hydrogen) atoms. The number of amides is 1. The topological polar surface area (TPSA) is 129 Å². The predicted octanol–water partition coefficient (Wildman–Crippen LogP) is 0.496. The third-order valence-electron chi connectivity index (χ3n) is 2.88. The van der Waals surface area contributed by atoms with Crippen molar-refractivity contribution in [2.24, 2.45) is 0 Å². The summed E-state index contributed by atoms with van der Waals surface area (Å²) in [4.78, 5) is 23.3. The van der Waals surface area contributed by atoms with Crippen LogP contribution in [0.5, 0.6) is 5.75 Å². The molecule has 0 aliphatic heterocycles. The van der Waals surface area contributed by atoms with Crippen LogP contribution in [0.15, 0.2) is 29.4 Å². The van der Waals surface area contributed by atoms with Crippen molar-refractivity contribution in [1.82, 2.24) is 20.3 Å². The van der Waals surface area contributed by atoms with Crippen molar-refractivity contribution < 1.29 is 9.53 Å². The Kier molecular flexibility index (Phi) is 5.98. The van der Waals surface area contributed by atoms with Crippen LogP contribution in [0.4, 0.5) is 11.9 Å². The van der Waals surface area contributed by atoms with Gasteiger partial charge < -0.3 is 21.5 Å². The maximum absolute atomic E-state index is 11.8. The highest BCUT2D eigenvalue weighted by atomic mass is 32.2. The molecule has 8 nitrogen and oxygen atoms in total. The van der Waals surface area contributed by atoms with E-state index >= 15 is 0 Å². The van der Waals surface area contributed by atoms with E-state index in [0.717, 1.165) is 29.5 Å². The monoisotopic (exact) mass is 334 g/mol. The van der Waals surface area contributed by atoms with E-state index in [1.807, 2.05) is 24.3 Å². The smallest absolute Gasteiger partial charge is 0.230 e. The van der Waals surface area contributed by atoms with Gasteiger partial charge in [-0.15, -0.1) is 0 Å². The highest BCUT2D eigenvalue weighted by molar-refractivity contribution is 7.99. The lowest BCUT2D eigenvalue weighted by atomic mass is 10.1. The molecule has 1 amide bonds. The van der Waals surface area contributed by atoms with Crippen molar-refractivity contribution in [3.05, 3.63) is 29.8 Å². The van der Waals surface area contributed by atoms with E-state index in [1.165, 1.54) is 0 Å². The number of nitrogens with one attached hydrogen (secondary N) is 1. The second kappa shape index (κ2) is 8.18. The van der Waals surface area contributed by atoms with Crippen LogP contribution in [0.2, 0.25) is 0 Å². The van der Waals surface area contributed by atoms with Gasteiger partial charge in [0.15, 0.2) is 5.16 Å². The number of nitrogen functional groups attached to an aromatic ring is 2. The van der Waals surface area contributed by atoms with Gasteiger partial charge in [-0.1, -0.05) is 23.9 Å². The number of benzene rings is 1. The Labute approximate surface area is 138 Å². The molecule has 0 saturated carbocycles. The third-order valence-corrected chi connectivity index (χ3v) is 3.72. The number of carbonyl (C=O) groups is 1. The van der Waals surface area contributed by atoms with Crippen LogP contribution in [0, 0.1) is 0 Å². The number of carbonyl (C=O) groups excluding carboxylic acids is 1. The molecular formula is C14H18N6O2S. The minimum atomic E-state index is -0.110. The van der Waals surface area contributed by atoms with E-state index in [4.69, 9.17) is 16.2 Å². The summed E-state index contributed by atoms with van der Waals surface area (Å²) in [5.74, 6) is 0.969. The molecular weight excluding hydrogens is 316 g/mol. The normalized spacial score (nSPS) is 10.3. The van der Waals surface area contributed by atoms with Crippen LogP contribution in [-0.4, -0.2) is 40.3 Å². The molecule has 1 aromatic heterocycles. The first-order valence-electron chi connectivity index (χ1n) is 6.86. The first-order valence-corrected chi connectivity index (χ1v) is 7.85. The molecule has 0 aliphatic rings. The van der Waals surface area contributed by atoms with Gasteiger partial charge in [0.1, 0.15) is 5.75 Å². The summed E-state index contributed by atoms with van der Waals surface area (Å²) >= 11 is 1.16. The van der Waals surface area contributed by atoms with Gasteiger partial charge in [-0.3, -0.25) is 4.79 Å². The molecule has 0 spiro atoms. The number of hydrogen-bond acceptors (Lipinski definition) is 8. The number of thioether (sulfide) groups is 1. The van der Waals surface area contributed by atoms with Gasteiger partial charge in [-0.05, 0) is 24.1 Å². The number of nitrogens with two attached hydrogens (primary N) is 2. The summed E-state index contributed by atoms with van der Waals surface area (Å²) < 4.78 is 5.10. The fourth-order valence-electron chi connectivity index (χ4n) is 1.77. The number of methoxy groups -OCH3 is 1. The molecule has 1 heterocycles. The molecule has 2 rings (SSSR count). The zero-order valence-electron chi connectivity index (χ0n) is 12.7. The summed E-state index contributed by atoms with van der Waals surface area (Å²) in [5.41, 5.74) is 12.1. The van der Waals surface area contributed by atoms with Crippen LogP contribution in [0.25, 0.3) is 0 Å². The third kappa shape index (κ3) is 5.62. The zero-order valence-corrected chi connectivity index (χ0v) is 13.5. The van der Waals surface area contributed by atoms with Crippen LogP contribution in [-0.2, 0) is 11.2 Å². The fourth-order valence-corrected chi connectivity index (χ4v) is 2.45. The summed E-state index contributed by atoms with van der Waals surface area (Å²) in [5, 5.41) is 3.17. The van der Waals surface area contributed by atoms with E-state index in [0.29, 0.717) is 11.7 Å². The molecule has 5 N–H and O–H groups in total.